The summed E-state index contributed by atoms with van der Waals surface area (Å²) < 4.78 is 24.8. The number of rotatable bonds is 9. The number of hydrogen-bond acceptors (Lipinski definition) is 7. The zero-order chi connectivity index (χ0) is 25.5. The fourth-order valence-electron chi connectivity index (χ4n) is 3.72. The molecule has 0 atom stereocenters. The van der Waals surface area contributed by atoms with Gasteiger partial charge in [-0.05, 0) is 29.8 Å². The predicted molar refractivity (Wildman–Crippen MR) is 137 cm³/mol. The summed E-state index contributed by atoms with van der Waals surface area (Å²) >= 11 is 12.1. The van der Waals surface area contributed by atoms with Gasteiger partial charge in [0.2, 0.25) is 0 Å². The molecular formula is C25H26Cl2FN5O3. The first-order valence-corrected chi connectivity index (χ1v) is 12.2. The maximum absolute atomic E-state index is 13.7. The molecule has 0 spiro atoms. The standard InChI is InChI=1S/C25H26Cl2FN5O3/c26-19-5-6-20(28)22(27)18(19)7-12-36-25-23(29)31-15-21(32-25)16-1-3-17(4-2-16)24(34)30-8-9-33-10-13-35-14-11-33/h1-6,15H,7-14H2,(H2,29,31)(H,30,34). The van der Waals surface area contributed by atoms with Crippen molar-refractivity contribution >= 4 is 34.9 Å². The van der Waals surface area contributed by atoms with Crippen LogP contribution in [-0.4, -0.2) is 66.8 Å². The number of benzene rings is 2. The highest BCUT2D eigenvalue weighted by molar-refractivity contribution is 6.36. The first-order valence-electron chi connectivity index (χ1n) is 11.5. The van der Waals surface area contributed by atoms with Gasteiger partial charge < -0.3 is 20.5 Å². The number of morpholine rings is 1. The van der Waals surface area contributed by atoms with E-state index in [1.54, 1.807) is 24.3 Å². The number of amides is 1. The van der Waals surface area contributed by atoms with Crippen molar-refractivity contribution in [1.82, 2.24) is 20.2 Å². The predicted octanol–water partition coefficient (Wildman–Crippen LogP) is 3.86. The van der Waals surface area contributed by atoms with Crippen molar-refractivity contribution < 1.29 is 18.7 Å². The van der Waals surface area contributed by atoms with E-state index in [0.717, 1.165) is 38.4 Å². The molecule has 190 valence electrons. The third-order valence-electron chi connectivity index (χ3n) is 5.76. The summed E-state index contributed by atoms with van der Waals surface area (Å²) in [5.74, 6) is -0.434. The summed E-state index contributed by atoms with van der Waals surface area (Å²) in [6.07, 6.45) is 1.79. The van der Waals surface area contributed by atoms with Gasteiger partial charge >= 0.3 is 0 Å². The Morgan fingerprint density at radius 2 is 1.92 bits per heavy atom. The molecule has 3 N–H and O–H groups in total. The van der Waals surface area contributed by atoms with E-state index in [1.807, 2.05) is 0 Å². The highest BCUT2D eigenvalue weighted by atomic mass is 35.5. The molecule has 1 fully saturated rings. The molecular weight excluding hydrogens is 508 g/mol. The van der Waals surface area contributed by atoms with Crippen LogP contribution in [0.3, 0.4) is 0 Å². The Kier molecular flexibility index (Phi) is 8.93. The highest BCUT2D eigenvalue weighted by Crippen LogP contribution is 2.28. The lowest BCUT2D eigenvalue weighted by molar-refractivity contribution is 0.0383. The second-order valence-electron chi connectivity index (χ2n) is 8.15. The molecule has 0 unspecified atom stereocenters. The summed E-state index contributed by atoms with van der Waals surface area (Å²) in [6.45, 7) is 4.69. The van der Waals surface area contributed by atoms with Gasteiger partial charge in [0, 0.05) is 48.7 Å². The van der Waals surface area contributed by atoms with E-state index in [1.165, 1.54) is 18.3 Å². The number of carbonyl (C=O) groups is 1. The minimum atomic E-state index is -0.549. The molecule has 2 aromatic carbocycles. The quantitative estimate of drug-likeness (QED) is 0.402. The summed E-state index contributed by atoms with van der Waals surface area (Å²) in [4.78, 5) is 23.3. The molecule has 1 aliphatic rings. The van der Waals surface area contributed by atoms with Crippen LogP contribution in [-0.2, 0) is 11.2 Å². The molecule has 1 aromatic heterocycles. The number of nitrogen functional groups attached to an aromatic ring is 1. The number of carbonyl (C=O) groups excluding carboxylic acids is 1. The van der Waals surface area contributed by atoms with Gasteiger partial charge in [-0.25, -0.2) is 14.4 Å². The number of nitrogens with two attached hydrogens (primary N) is 1. The van der Waals surface area contributed by atoms with Crippen LogP contribution in [0.25, 0.3) is 11.3 Å². The largest absolute Gasteiger partial charge is 0.475 e. The van der Waals surface area contributed by atoms with Crippen LogP contribution in [0.15, 0.2) is 42.6 Å². The first kappa shape index (κ1) is 26.1. The molecule has 1 saturated heterocycles. The van der Waals surface area contributed by atoms with Gasteiger partial charge in [-0.1, -0.05) is 35.3 Å². The van der Waals surface area contributed by atoms with Crippen molar-refractivity contribution in [3.05, 3.63) is 69.6 Å². The van der Waals surface area contributed by atoms with Gasteiger partial charge in [-0.15, -0.1) is 0 Å². The minimum absolute atomic E-state index is 0.0378. The number of halogens is 3. The maximum atomic E-state index is 13.7. The average Bonchev–Trinajstić information content (AvgIpc) is 2.90. The van der Waals surface area contributed by atoms with E-state index in [4.69, 9.17) is 38.4 Å². The van der Waals surface area contributed by atoms with Gasteiger partial charge in [0.05, 0.1) is 36.7 Å². The van der Waals surface area contributed by atoms with Crippen LogP contribution < -0.4 is 15.8 Å². The van der Waals surface area contributed by atoms with E-state index >= 15 is 0 Å². The molecule has 3 aromatic rings. The summed E-state index contributed by atoms with van der Waals surface area (Å²) in [5, 5.41) is 3.25. The fourth-order valence-corrected chi connectivity index (χ4v) is 4.28. The van der Waals surface area contributed by atoms with Gasteiger partial charge in [0.15, 0.2) is 5.82 Å². The smallest absolute Gasteiger partial charge is 0.257 e. The van der Waals surface area contributed by atoms with Crippen LogP contribution in [0.4, 0.5) is 10.2 Å². The summed E-state index contributed by atoms with van der Waals surface area (Å²) in [5.41, 5.74) is 8.18. The van der Waals surface area contributed by atoms with Crippen LogP contribution in [0.5, 0.6) is 5.88 Å². The summed E-state index contributed by atoms with van der Waals surface area (Å²) in [7, 11) is 0. The van der Waals surface area contributed by atoms with Gasteiger partial charge in [0.1, 0.15) is 5.82 Å². The van der Waals surface area contributed by atoms with Crippen LogP contribution in [0, 0.1) is 5.82 Å². The first-order chi connectivity index (χ1) is 17.4. The van der Waals surface area contributed by atoms with E-state index < -0.39 is 5.82 Å². The molecule has 4 rings (SSSR count). The van der Waals surface area contributed by atoms with Gasteiger partial charge in [-0.2, -0.15) is 0 Å². The second-order valence-corrected chi connectivity index (χ2v) is 8.94. The zero-order valence-electron chi connectivity index (χ0n) is 19.5. The van der Waals surface area contributed by atoms with Crippen LogP contribution in [0.1, 0.15) is 15.9 Å². The lowest BCUT2D eigenvalue weighted by Crippen LogP contribution is -2.41. The lowest BCUT2D eigenvalue weighted by Gasteiger charge is -2.26. The van der Waals surface area contributed by atoms with E-state index in [0.29, 0.717) is 28.4 Å². The minimum Gasteiger partial charge on any atom is -0.475 e. The third-order valence-corrected chi connectivity index (χ3v) is 6.52. The Bertz CT molecular complexity index is 1210. The normalized spacial score (nSPS) is 14.0. The molecule has 0 bridgehead atoms. The maximum Gasteiger partial charge on any atom is 0.257 e. The van der Waals surface area contributed by atoms with Gasteiger partial charge in [-0.3, -0.25) is 9.69 Å². The van der Waals surface area contributed by atoms with Crippen molar-refractivity contribution in [3.63, 3.8) is 0 Å². The average molecular weight is 534 g/mol. The van der Waals surface area contributed by atoms with Crippen LogP contribution in [0.2, 0.25) is 10.0 Å². The van der Waals surface area contributed by atoms with Crippen molar-refractivity contribution in [2.45, 2.75) is 6.42 Å². The molecule has 1 amide bonds. The molecule has 8 nitrogen and oxygen atoms in total. The number of hydrogen-bond donors (Lipinski definition) is 2. The number of ether oxygens (including phenoxy) is 2. The van der Waals surface area contributed by atoms with Crippen molar-refractivity contribution in [2.75, 3.05) is 51.7 Å². The molecule has 11 heteroatoms. The number of nitrogens with zero attached hydrogens (tertiary/aromatic N) is 3. The SMILES string of the molecule is Nc1ncc(-c2ccc(C(=O)NCCN3CCOCC3)cc2)nc1OCCc1c(Cl)ccc(F)c1Cl. The molecule has 2 heterocycles. The topological polar surface area (TPSA) is 103 Å². The Labute approximate surface area is 218 Å². The lowest BCUT2D eigenvalue weighted by atomic mass is 10.1. The molecule has 0 saturated carbocycles. The fraction of sp³-hybridized carbons (Fsp3) is 0.320. The van der Waals surface area contributed by atoms with E-state index in [2.05, 4.69) is 20.2 Å². The number of nitrogens with one attached hydrogen (secondary N) is 1. The van der Waals surface area contributed by atoms with E-state index in [-0.39, 0.29) is 35.7 Å². The molecule has 1 aliphatic heterocycles. The van der Waals surface area contributed by atoms with Crippen LogP contribution >= 0.6 is 23.2 Å². The second kappa shape index (κ2) is 12.3. The van der Waals surface area contributed by atoms with Crippen molar-refractivity contribution in [1.29, 1.82) is 0 Å². The van der Waals surface area contributed by atoms with Crippen molar-refractivity contribution in [3.8, 4) is 17.1 Å². The molecule has 0 aliphatic carbocycles. The zero-order valence-corrected chi connectivity index (χ0v) is 21.0. The third kappa shape index (κ3) is 6.61. The Morgan fingerprint density at radius 1 is 1.17 bits per heavy atom. The van der Waals surface area contributed by atoms with E-state index in [9.17, 15) is 9.18 Å². The Hall–Kier alpha value is -2.98. The monoisotopic (exact) mass is 533 g/mol. The number of anilines is 1. The Morgan fingerprint density at radius 3 is 2.67 bits per heavy atom. The number of aromatic nitrogens is 2. The van der Waals surface area contributed by atoms with Gasteiger partial charge in [0.25, 0.3) is 11.8 Å². The summed E-state index contributed by atoms with van der Waals surface area (Å²) in [6, 6.07) is 9.68. The highest BCUT2D eigenvalue weighted by Gasteiger charge is 2.14. The van der Waals surface area contributed by atoms with Crippen molar-refractivity contribution in [2.24, 2.45) is 0 Å². The molecule has 0 radical (unpaired) electrons. The Balaban J connectivity index is 1.34. The molecule has 36 heavy (non-hydrogen) atoms.